The fraction of sp³-hybridized carbons (Fsp3) is 0.308. The topological polar surface area (TPSA) is 0 Å². The molecule has 0 saturated heterocycles. The number of thioether (sulfide) groups is 1. The van der Waals surface area contributed by atoms with Crippen LogP contribution < -0.4 is 0 Å². The quantitative estimate of drug-likeness (QED) is 0.506. The smallest absolute Gasteiger partial charge is 0.0178 e. The Bertz CT molecular complexity index is 337. The molecule has 0 aromatic heterocycles. The van der Waals surface area contributed by atoms with E-state index in [1.807, 2.05) is 6.07 Å². The van der Waals surface area contributed by atoms with E-state index in [4.69, 9.17) is 0 Å². The Hall–Kier alpha value is -0.910. The van der Waals surface area contributed by atoms with Crippen LogP contribution in [-0.2, 0) is 0 Å². The highest BCUT2D eigenvalue weighted by molar-refractivity contribution is 8.02. The van der Waals surface area contributed by atoms with Gasteiger partial charge in [-0.25, -0.2) is 0 Å². The molecule has 0 bridgehead atoms. The SMILES string of the molecule is C(=CSc1ccccc1)=C1CCCC1. The van der Waals surface area contributed by atoms with Gasteiger partial charge in [0.25, 0.3) is 0 Å². The van der Waals surface area contributed by atoms with Gasteiger partial charge in [-0.2, -0.15) is 0 Å². The second-order valence-electron chi connectivity index (χ2n) is 3.50. The van der Waals surface area contributed by atoms with Crippen molar-refractivity contribution in [1.82, 2.24) is 0 Å². The molecule has 0 amide bonds. The van der Waals surface area contributed by atoms with Crippen molar-refractivity contribution in [2.24, 2.45) is 0 Å². The fourth-order valence-corrected chi connectivity index (χ4v) is 2.30. The summed E-state index contributed by atoms with van der Waals surface area (Å²) in [5.74, 6) is 0. The minimum Gasteiger partial charge on any atom is -0.114 e. The van der Waals surface area contributed by atoms with E-state index >= 15 is 0 Å². The van der Waals surface area contributed by atoms with Crippen molar-refractivity contribution in [3.05, 3.63) is 47.0 Å². The molecule has 0 heterocycles. The summed E-state index contributed by atoms with van der Waals surface area (Å²) in [5, 5.41) is 2.09. The third-order valence-electron chi connectivity index (χ3n) is 2.41. The summed E-state index contributed by atoms with van der Waals surface area (Å²) in [6.45, 7) is 0. The van der Waals surface area contributed by atoms with E-state index in [9.17, 15) is 0 Å². The van der Waals surface area contributed by atoms with Crippen LogP contribution >= 0.6 is 11.8 Å². The van der Waals surface area contributed by atoms with Crippen LogP contribution in [-0.4, -0.2) is 0 Å². The summed E-state index contributed by atoms with van der Waals surface area (Å²) >= 11 is 1.75. The monoisotopic (exact) mass is 202 g/mol. The van der Waals surface area contributed by atoms with Gasteiger partial charge in [-0.1, -0.05) is 30.0 Å². The van der Waals surface area contributed by atoms with E-state index in [0.717, 1.165) is 0 Å². The fourth-order valence-electron chi connectivity index (χ4n) is 1.63. The van der Waals surface area contributed by atoms with Crippen molar-refractivity contribution in [1.29, 1.82) is 0 Å². The van der Waals surface area contributed by atoms with Gasteiger partial charge in [-0.05, 0) is 43.4 Å². The summed E-state index contributed by atoms with van der Waals surface area (Å²) in [7, 11) is 0. The first-order valence-corrected chi connectivity index (χ1v) is 5.98. The number of hydrogen-bond acceptors (Lipinski definition) is 1. The van der Waals surface area contributed by atoms with E-state index in [0.29, 0.717) is 0 Å². The molecule has 1 aliphatic rings. The second-order valence-corrected chi connectivity index (χ2v) is 4.45. The van der Waals surface area contributed by atoms with Gasteiger partial charge in [0.05, 0.1) is 0 Å². The van der Waals surface area contributed by atoms with Crippen molar-refractivity contribution < 1.29 is 0 Å². The lowest BCUT2D eigenvalue weighted by Crippen LogP contribution is -1.66. The van der Waals surface area contributed by atoms with Crippen LogP contribution in [0.5, 0.6) is 0 Å². The molecular formula is C13H14S. The van der Waals surface area contributed by atoms with Crippen molar-refractivity contribution >= 4 is 11.8 Å². The highest BCUT2D eigenvalue weighted by atomic mass is 32.2. The number of allylic oxidation sites excluding steroid dienone is 1. The van der Waals surface area contributed by atoms with Crippen molar-refractivity contribution in [2.75, 3.05) is 0 Å². The third-order valence-corrected chi connectivity index (χ3v) is 3.19. The molecular weight excluding hydrogens is 188 g/mol. The lowest BCUT2D eigenvalue weighted by atomic mass is 10.2. The first-order valence-electron chi connectivity index (χ1n) is 5.10. The first-order chi connectivity index (χ1) is 6.95. The van der Waals surface area contributed by atoms with Crippen molar-refractivity contribution in [3.8, 4) is 0 Å². The Morgan fingerprint density at radius 3 is 2.50 bits per heavy atom. The van der Waals surface area contributed by atoms with E-state index < -0.39 is 0 Å². The van der Waals surface area contributed by atoms with Crippen LogP contribution in [0.25, 0.3) is 0 Å². The van der Waals surface area contributed by atoms with E-state index in [1.54, 1.807) is 11.8 Å². The minimum absolute atomic E-state index is 1.26. The highest BCUT2D eigenvalue weighted by Crippen LogP contribution is 2.24. The molecule has 0 radical (unpaired) electrons. The Morgan fingerprint density at radius 1 is 1.07 bits per heavy atom. The zero-order valence-electron chi connectivity index (χ0n) is 8.20. The Kier molecular flexibility index (Phi) is 3.50. The molecule has 2 rings (SSSR count). The predicted octanol–water partition coefficient (Wildman–Crippen LogP) is 4.39. The van der Waals surface area contributed by atoms with Gasteiger partial charge < -0.3 is 0 Å². The normalized spacial score (nSPS) is 15.3. The lowest BCUT2D eigenvalue weighted by molar-refractivity contribution is 0.886. The van der Waals surface area contributed by atoms with Gasteiger partial charge in [0.1, 0.15) is 0 Å². The second kappa shape index (κ2) is 5.09. The van der Waals surface area contributed by atoms with Gasteiger partial charge in [-0.3, -0.25) is 0 Å². The average Bonchev–Trinajstić information content (AvgIpc) is 2.72. The highest BCUT2D eigenvalue weighted by Gasteiger charge is 2.04. The molecule has 0 nitrogen and oxygen atoms in total. The van der Waals surface area contributed by atoms with E-state index in [-0.39, 0.29) is 0 Å². The van der Waals surface area contributed by atoms with E-state index in [1.165, 1.54) is 36.2 Å². The summed E-state index contributed by atoms with van der Waals surface area (Å²) in [6.07, 6.45) is 5.22. The molecule has 72 valence electrons. The summed E-state index contributed by atoms with van der Waals surface area (Å²) in [4.78, 5) is 1.29. The maximum atomic E-state index is 3.38. The van der Waals surface area contributed by atoms with Crippen molar-refractivity contribution in [2.45, 2.75) is 30.6 Å². The van der Waals surface area contributed by atoms with Gasteiger partial charge in [-0.15, -0.1) is 5.73 Å². The van der Waals surface area contributed by atoms with Crippen LogP contribution in [0.2, 0.25) is 0 Å². The predicted molar refractivity (Wildman–Crippen MR) is 62.4 cm³/mol. The third kappa shape index (κ3) is 2.80. The van der Waals surface area contributed by atoms with Crippen LogP contribution in [0.3, 0.4) is 0 Å². The van der Waals surface area contributed by atoms with E-state index in [2.05, 4.69) is 35.4 Å². The number of benzene rings is 1. The average molecular weight is 202 g/mol. The molecule has 0 N–H and O–H groups in total. The summed E-state index contributed by atoms with van der Waals surface area (Å²) in [5.41, 5.74) is 4.88. The molecule has 1 aromatic carbocycles. The maximum Gasteiger partial charge on any atom is 0.0178 e. The van der Waals surface area contributed by atoms with Crippen LogP contribution in [0.15, 0.2) is 51.9 Å². The Morgan fingerprint density at radius 2 is 1.79 bits per heavy atom. The molecule has 14 heavy (non-hydrogen) atoms. The number of rotatable bonds is 2. The van der Waals surface area contributed by atoms with Gasteiger partial charge in [0, 0.05) is 10.3 Å². The Balaban J connectivity index is 1.97. The van der Waals surface area contributed by atoms with Gasteiger partial charge in [0.15, 0.2) is 0 Å². The molecule has 1 aromatic rings. The summed E-state index contributed by atoms with van der Waals surface area (Å²) in [6, 6.07) is 10.4. The molecule has 0 unspecified atom stereocenters. The molecule has 0 spiro atoms. The van der Waals surface area contributed by atoms with Crippen LogP contribution in [0, 0.1) is 0 Å². The Labute approximate surface area is 89.7 Å². The zero-order chi connectivity index (χ0) is 9.64. The lowest BCUT2D eigenvalue weighted by Gasteiger charge is -1.92. The zero-order valence-corrected chi connectivity index (χ0v) is 9.02. The minimum atomic E-state index is 1.26. The molecule has 1 aliphatic carbocycles. The standard InChI is InChI=1S/C13H14S/c1-2-8-13(9-3-1)14-11-10-12-6-4-5-7-12/h1-3,8-9,11H,4-7H2. The molecule has 0 aliphatic heterocycles. The molecule has 1 saturated carbocycles. The van der Waals surface area contributed by atoms with Gasteiger partial charge >= 0.3 is 0 Å². The largest absolute Gasteiger partial charge is 0.114 e. The van der Waals surface area contributed by atoms with Crippen LogP contribution in [0.1, 0.15) is 25.7 Å². The molecule has 1 heteroatoms. The van der Waals surface area contributed by atoms with Crippen molar-refractivity contribution in [3.63, 3.8) is 0 Å². The molecule has 1 fully saturated rings. The number of hydrogen-bond donors (Lipinski definition) is 0. The van der Waals surface area contributed by atoms with Gasteiger partial charge in [0.2, 0.25) is 0 Å². The first kappa shape index (κ1) is 9.64. The maximum absolute atomic E-state index is 3.38. The summed E-state index contributed by atoms with van der Waals surface area (Å²) < 4.78 is 0. The molecule has 0 atom stereocenters. The van der Waals surface area contributed by atoms with Crippen LogP contribution in [0.4, 0.5) is 0 Å².